The van der Waals surface area contributed by atoms with Crippen LogP contribution in [0.1, 0.15) is 30.5 Å². The van der Waals surface area contributed by atoms with Gasteiger partial charge in [-0.15, -0.1) is 0 Å². The average Bonchev–Trinajstić information content (AvgIpc) is 2.50. The first-order valence-corrected chi connectivity index (χ1v) is 6.07. The lowest BCUT2D eigenvalue weighted by Gasteiger charge is -2.21. The summed E-state index contributed by atoms with van der Waals surface area (Å²) in [6, 6.07) is 3.65. The van der Waals surface area contributed by atoms with E-state index in [0.717, 1.165) is 21.7 Å². The molecule has 0 saturated heterocycles. The summed E-state index contributed by atoms with van der Waals surface area (Å²) in [7, 11) is 0. The molecule has 90 valence electrons. The third-order valence-corrected chi connectivity index (χ3v) is 3.95. The monoisotopic (exact) mass is 250 g/mol. The highest BCUT2D eigenvalue weighted by Gasteiger charge is 2.28. The van der Waals surface area contributed by atoms with E-state index >= 15 is 0 Å². The number of rotatable bonds is 1. The van der Waals surface area contributed by atoms with E-state index in [1.54, 1.807) is 13.0 Å². The molecule has 17 heavy (non-hydrogen) atoms. The Morgan fingerprint density at radius 2 is 1.76 bits per heavy atom. The van der Waals surface area contributed by atoms with Crippen molar-refractivity contribution in [3.63, 3.8) is 0 Å². The molecule has 0 fully saturated rings. The minimum Gasteiger partial charge on any atom is -0.207 e. The van der Waals surface area contributed by atoms with Gasteiger partial charge in [-0.2, -0.15) is 0 Å². The van der Waals surface area contributed by atoms with Crippen LogP contribution < -0.4 is 0 Å². The average molecular weight is 251 g/mol. The number of hydrogen-bond acceptors (Lipinski definition) is 0. The fourth-order valence-corrected chi connectivity index (χ4v) is 2.51. The summed E-state index contributed by atoms with van der Waals surface area (Å²) in [5, 5.41) is 0.756. The van der Waals surface area contributed by atoms with Crippen LogP contribution in [0.25, 0.3) is 0 Å². The van der Waals surface area contributed by atoms with Crippen LogP contribution in [-0.2, 0) is 5.41 Å². The second-order valence-corrected chi connectivity index (χ2v) is 5.41. The van der Waals surface area contributed by atoms with Crippen LogP contribution in [0.2, 0.25) is 0 Å². The predicted molar refractivity (Wildman–Crippen MR) is 70.9 cm³/mol. The molecule has 0 N–H and O–H groups in total. The molecule has 1 aliphatic carbocycles. The van der Waals surface area contributed by atoms with Crippen molar-refractivity contribution in [1.82, 2.24) is 0 Å². The Bertz CT molecular complexity index is 497. The van der Waals surface area contributed by atoms with Gasteiger partial charge in [0, 0.05) is 10.4 Å². The van der Waals surface area contributed by atoms with Gasteiger partial charge in [-0.05, 0) is 56.0 Å². The molecule has 0 radical (unpaired) electrons. The first kappa shape index (κ1) is 12.4. The molecule has 0 aliphatic heterocycles. The first-order valence-electron chi connectivity index (χ1n) is 5.69. The highest BCUT2D eigenvalue weighted by molar-refractivity contribution is 6.32. The van der Waals surface area contributed by atoms with Gasteiger partial charge < -0.3 is 0 Å². The smallest absolute Gasteiger partial charge is 0.126 e. The molecule has 1 atom stereocenters. The number of halogens is 2. The quantitative estimate of drug-likeness (QED) is 0.673. The van der Waals surface area contributed by atoms with Crippen LogP contribution in [0.3, 0.4) is 0 Å². The van der Waals surface area contributed by atoms with E-state index in [1.807, 2.05) is 26.0 Å². The SMILES string of the molecule is CC1=CC(C)(c2cc(C)c(C)c(F)c2)C=C1Cl. The third kappa shape index (κ3) is 2.04. The van der Waals surface area contributed by atoms with Crippen LogP contribution in [-0.4, -0.2) is 0 Å². The molecule has 1 unspecified atom stereocenters. The Kier molecular flexibility index (Phi) is 2.90. The number of allylic oxidation sites excluding steroid dienone is 4. The van der Waals surface area contributed by atoms with Gasteiger partial charge in [0.15, 0.2) is 0 Å². The molecule has 1 aromatic rings. The van der Waals surface area contributed by atoms with Gasteiger partial charge in [-0.25, -0.2) is 4.39 Å². The molecule has 1 aromatic carbocycles. The summed E-state index contributed by atoms with van der Waals surface area (Å²) < 4.78 is 13.8. The van der Waals surface area contributed by atoms with Crippen molar-refractivity contribution in [3.8, 4) is 0 Å². The minimum atomic E-state index is -0.291. The van der Waals surface area contributed by atoms with E-state index in [2.05, 4.69) is 13.0 Å². The van der Waals surface area contributed by atoms with E-state index in [0.29, 0.717) is 5.56 Å². The van der Waals surface area contributed by atoms with Crippen LogP contribution in [0.5, 0.6) is 0 Å². The second-order valence-electron chi connectivity index (χ2n) is 5.00. The maximum Gasteiger partial charge on any atom is 0.126 e. The molecular weight excluding hydrogens is 235 g/mol. The van der Waals surface area contributed by atoms with Gasteiger partial charge in [0.25, 0.3) is 0 Å². The van der Waals surface area contributed by atoms with Gasteiger partial charge in [-0.1, -0.05) is 29.8 Å². The summed E-state index contributed by atoms with van der Waals surface area (Å²) in [5.74, 6) is -0.149. The van der Waals surface area contributed by atoms with E-state index in [-0.39, 0.29) is 11.2 Å². The molecule has 0 amide bonds. The van der Waals surface area contributed by atoms with Gasteiger partial charge in [0.2, 0.25) is 0 Å². The van der Waals surface area contributed by atoms with Crippen molar-refractivity contribution in [3.05, 3.63) is 57.4 Å². The predicted octanol–water partition coefficient (Wildman–Crippen LogP) is 4.78. The lowest BCUT2D eigenvalue weighted by Crippen LogP contribution is -2.14. The van der Waals surface area contributed by atoms with E-state index < -0.39 is 0 Å². The Balaban J connectivity index is 2.57. The summed E-state index contributed by atoms with van der Waals surface area (Å²) in [6.45, 7) is 7.76. The standard InChI is InChI=1S/C15H16ClF/c1-9-5-12(6-14(17)11(9)3)15(4)7-10(2)13(16)8-15/h5-8H,1-4H3. The van der Waals surface area contributed by atoms with Crippen molar-refractivity contribution >= 4 is 11.6 Å². The highest BCUT2D eigenvalue weighted by Crippen LogP contribution is 2.39. The zero-order valence-electron chi connectivity index (χ0n) is 10.6. The van der Waals surface area contributed by atoms with Gasteiger partial charge >= 0.3 is 0 Å². The van der Waals surface area contributed by atoms with Crippen molar-refractivity contribution < 1.29 is 4.39 Å². The molecule has 0 saturated carbocycles. The molecule has 0 aromatic heterocycles. The first-order chi connectivity index (χ1) is 7.83. The summed E-state index contributed by atoms with van der Waals surface area (Å²) in [5.41, 5.74) is 3.40. The number of hydrogen-bond donors (Lipinski definition) is 0. The van der Waals surface area contributed by atoms with Gasteiger partial charge in [0.05, 0.1) is 0 Å². The number of benzene rings is 1. The van der Waals surface area contributed by atoms with Crippen LogP contribution >= 0.6 is 11.6 Å². The maximum absolute atomic E-state index is 13.8. The van der Waals surface area contributed by atoms with Gasteiger partial charge in [-0.3, -0.25) is 0 Å². The second kappa shape index (κ2) is 3.99. The van der Waals surface area contributed by atoms with Crippen LogP contribution in [0.15, 0.2) is 34.9 Å². The zero-order valence-corrected chi connectivity index (χ0v) is 11.3. The summed E-state index contributed by atoms with van der Waals surface area (Å²) >= 11 is 6.11. The Labute approximate surface area is 107 Å². The number of aryl methyl sites for hydroxylation is 1. The fraction of sp³-hybridized carbons (Fsp3) is 0.333. The van der Waals surface area contributed by atoms with Crippen LogP contribution in [0.4, 0.5) is 4.39 Å². The molecule has 1 aliphatic rings. The van der Waals surface area contributed by atoms with E-state index in [1.165, 1.54) is 0 Å². The summed E-state index contributed by atoms with van der Waals surface area (Å²) in [6.07, 6.45) is 4.06. The van der Waals surface area contributed by atoms with Gasteiger partial charge in [0.1, 0.15) is 5.82 Å². The topological polar surface area (TPSA) is 0 Å². The largest absolute Gasteiger partial charge is 0.207 e. The van der Waals surface area contributed by atoms with E-state index in [4.69, 9.17) is 11.6 Å². The Morgan fingerprint density at radius 1 is 1.12 bits per heavy atom. The normalized spacial score (nSPS) is 23.6. The molecule has 2 heteroatoms. The molecule has 0 spiro atoms. The molecule has 0 bridgehead atoms. The molecule has 0 heterocycles. The van der Waals surface area contributed by atoms with Crippen molar-refractivity contribution in [1.29, 1.82) is 0 Å². The Morgan fingerprint density at radius 3 is 2.24 bits per heavy atom. The zero-order chi connectivity index (χ0) is 12.8. The minimum absolute atomic E-state index is 0.149. The van der Waals surface area contributed by atoms with E-state index in [9.17, 15) is 4.39 Å². The summed E-state index contributed by atoms with van der Waals surface area (Å²) in [4.78, 5) is 0. The molecule has 0 nitrogen and oxygen atoms in total. The lowest BCUT2D eigenvalue weighted by molar-refractivity contribution is 0.609. The van der Waals surface area contributed by atoms with Crippen molar-refractivity contribution in [2.75, 3.05) is 0 Å². The maximum atomic E-state index is 13.8. The highest BCUT2D eigenvalue weighted by atomic mass is 35.5. The van der Waals surface area contributed by atoms with Crippen molar-refractivity contribution in [2.45, 2.75) is 33.1 Å². The Hall–Kier alpha value is -1.08. The fourth-order valence-electron chi connectivity index (χ4n) is 2.23. The van der Waals surface area contributed by atoms with Crippen molar-refractivity contribution in [2.24, 2.45) is 0 Å². The molecule has 2 rings (SSSR count). The molecular formula is C15H16ClF. The third-order valence-electron chi connectivity index (χ3n) is 3.55. The lowest BCUT2D eigenvalue weighted by atomic mass is 9.82. The van der Waals surface area contributed by atoms with Crippen LogP contribution in [0, 0.1) is 19.7 Å².